The Morgan fingerprint density at radius 3 is 3.00 bits per heavy atom. The Labute approximate surface area is 111 Å². The second-order valence-corrected chi connectivity index (χ2v) is 5.17. The first-order valence-electron chi connectivity index (χ1n) is 6.42. The van der Waals surface area contributed by atoms with Gasteiger partial charge in [0.15, 0.2) is 11.5 Å². The van der Waals surface area contributed by atoms with Crippen molar-refractivity contribution in [3.05, 3.63) is 6.33 Å². The molecule has 0 saturated heterocycles. The SMILES string of the molecule is COCC1(CNc2nc(N)nc3nc[nH]c23)CCC1. The van der Waals surface area contributed by atoms with E-state index in [1.54, 1.807) is 13.4 Å². The molecule has 7 heteroatoms. The predicted octanol–water partition coefficient (Wildman–Crippen LogP) is 1.16. The largest absolute Gasteiger partial charge is 0.384 e. The zero-order valence-corrected chi connectivity index (χ0v) is 10.9. The Morgan fingerprint density at radius 1 is 1.47 bits per heavy atom. The van der Waals surface area contributed by atoms with E-state index < -0.39 is 0 Å². The van der Waals surface area contributed by atoms with Crippen LogP contribution in [0.5, 0.6) is 0 Å². The minimum absolute atomic E-state index is 0.223. The normalized spacial score (nSPS) is 17.3. The number of fused-ring (bicyclic) bond motifs is 1. The molecule has 0 amide bonds. The first-order valence-corrected chi connectivity index (χ1v) is 6.42. The van der Waals surface area contributed by atoms with Gasteiger partial charge in [0.2, 0.25) is 5.95 Å². The van der Waals surface area contributed by atoms with Crippen LogP contribution in [0.2, 0.25) is 0 Å². The van der Waals surface area contributed by atoms with E-state index in [9.17, 15) is 0 Å². The number of hydrogen-bond acceptors (Lipinski definition) is 6. The lowest BCUT2D eigenvalue weighted by molar-refractivity contribution is 0.0282. The van der Waals surface area contributed by atoms with Gasteiger partial charge in [-0.25, -0.2) is 4.98 Å². The number of aromatic nitrogens is 4. The summed E-state index contributed by atoms with van der Waals surface area (Å²) in [6.45, 7) is 1.60. The van der Waals surface area contributed by atoms with Crippen molar-refractivity contribution in [2.75, 3.05) is 31.3 Å². The fourth-order valence-corrected chi connectivity index (χ4v) is 2.60. The van der Waals surface area contributed by atoms with Crippen LogP contribution in [0.4, 0.5) is 11.8 Å². The Morgan fingerprint density at radius 2 is 2.32 bits per heavy atom. The molecule has 0 atom stereocenters. The standard InChI is InChI=1S/C12H18N6O/c1-19-6-12(3-2-4-12)5-14-9-8-10(16-7-15-8)18-11(13)17-9/h7H,2-6H2,1H3,(H4,13,14,15,16,17,18). The van der Waals surface area contributed by atoms with Gasteiger partial charge in [-0.3, -0.25) is 0 Å². The van der Waals surface area contributed by atoms with Gasteiger partial charge in [0.25, 0.3) is 0 Å². The summed E-state index contributed by atoms with van der Waals surface area (Å²) in [6.07, 6.45) is 5.22. The molecule has 1 aliphatic rings. The van der Waals surface area contributed by atoms with Gasteiger partial charge in [-0.15, -0.1) is 0 Å². The van der Waals surface area contributed by atoms with Gasteiger partial charge < -0.3 is 20.8 Å². The fourth-order valence-electron chi connectivity index (χ4n) is 2.60. The van der Waals surface area contributed by atoms with Crippen LogP contribution >= 0.6 is 0 Å². The van der Waals surface area contributed by atoms with Crippen molar-refractivity contribution in [2.24, 2.45) is 5.41 Å². The van der Waals surface area contributed by atoms with Crippen LogP contribution in [-0.4, -0.2) is 40.2 Å². The molecule has 2 aromatic rings. The number of methoxy groups -OCH3 is 1. The third-order valence-corrected chi connectivity index (χ3v) is 3.80. The molecule has 3 rings (SSSR count). The molecule has 0 bridgehead atoms. The van der Waals surface area contributed by atoms with Gasteiger partial charge in [-0.05, 0) is 12.8 Å². The molecule has 1 saturated carbocycles. The molecule has 0 unspecified atom stereocenters. The van der Waals surface area contributed by atoms with Crippen molar-refractivity contribution < 1.29 is 4.74 Å². The third kappa shape index (κ3) is 2.21. The number of hydrogen-bond donors (Lipinski definition) is 3. The average molecular weight is 262 g/mol. The van der Waals surface area contributed by atoms with Crippen LogP contribution in [0, 0.1) is 5.41 Å². The highest BCUT2D eigenvalue weighted by Crippen LogP contribution is 2.41. The van der Waals surface area contributed by atoms with Crippen molar-refractivity contribution in [3.63, 3.8) is 0 Å². The highest BCUT2D eigenvalue weighted by atomic mass is 16.5. The molecule has 2 aromatic heterocycles. The lowest BCUT2D eigenvalue weighted by Crippen LogP contribution is -2.40. The predicted molar refractivity (Wildman–Crippen MR) is 72.7 cm³/mol. The van der Waals surface area contributed by atoms with Gasteiger partial charge in [0.1, 0.15) is 5.52 Å². The first kappa shape index (κ1) is 12.2. The van der Waals surface area contributed by atoms with Gasteiger partial charge in [0.05, 0.1) is 12.9 Å². The molecule has 0 aromatic carbocycles. The lowest BCUT2D eigenvalue weighted by atomic mass is 9.69. The van der Waals surface area contributed by atoms with Crippen molar-refractivity contribution in [1.29, 1.82) is 0 Å². The number of rotatable bonds is 5. The number of nitrogens with one attached hydrogen (secondary N) is 2. The summed E-state index contributed by atoms with van der Waals surface area (Å²) < 4.78 is 5.32. The molecule has 1 fully saturated rings. The first-order chi connectivity index (χ1) is 9.22. The number of anilines is 2. The van der Waals surface area contributed by atoms with E-state index in [1.807, 2.05) is 0 Å². The number of imidazole rings is 1. The summed E-state index contributed by atoms with van der Waals surface area (Å²) in [5, 5.41) is 3.36. The second-order valence-electron chi connectivity index (χ2n) is 5.17. The van der Waals surface area contributed by atoms with Crippen LogP contribution in [0.15, 0.2) is 6.33 Å². The van der Waals surface area contributed by atoms with E-state index >= 15 is 0 Å². The number of nitrogen functional groups attached to an aromatic ring is 1. The molecule has 0 spiro atoms. The summed E-state index contributed by atoms with van der Waals surface area (Å²) in [4.78, 5) is 15.4. The topological polar surface area (TPSA) is 102 Å². The molecule has 19 heavy (non-hydrogen) atoms. The summed E-state index contributed by atoms with van der Waals surface area (Å²) in [5.41, 5.74) is 7.29. The van der Waals surface area contributed by atoms with Gasteiger partial charge in [-0.2, -0.15) is 9.97 Å². The summed E-state index contributed by atoms with van der Waals surface area (Å²) in [7, 11) is 1.75. The van der Waals surface area contributed by atoms with Gasteiger partial charge in [0, 0.05) is 19.1 Å². The number of ether oxygens (including phenoxy) is 1. The highest BCUT2D eigenvalue weighted by Gasteiger charge is 2.37. The number of nitrogens with zero attached hydrogens (tertiary/aromatic N) is 3. The smallest absolute Gasteiger partial charge is 0.224 e. The quantitative estimate of drug-likeness (QED) is 0.747. The molecular formula is C12H18N6O. The molecule has 0 aliphatic heterocycles. The van der Waals surface area contributed by atoms with Crippen molar-refractivity contribution in [1.82, 2.24) is 19.9 Å². The molecule has 2 heterocycles. The molecular weight excluding hydrogens is 244 g/mol. The number of H-pyrrole nitrogens is 1. The zero-order valence-electron chi connectivity index (χ0n) is 10.9. The molecule has 7 nitrogen and oxygen atoms in total. The Hall–Kier alpha value is -1.89. The minimum Gasteiger partial charge on any atom is -0.384 e. The van der Waals surface area contributed by atoms with E-state index in [4.69, 9.17) is 10.5 Å². The van der Waals surface area contributed by atoms with Crippen molar-refractivity contribution >= 4 is 22.9 Å². The molecule has 102 valence electrons. The van der Waals surface area contributed by atoms with Crippen LogP contribution in [0.1, 0.15) is 19.3 Å². The third-order valence-electron chi connectivity index (χ3n) is 3.80. The molecule has 4 N–H and O–H groups in total. The summed E-state index contributed by atoms with van der Waals surface area (Å²) in [6, 6.07) is 0. The number of nitrogens with two attached hydrogens (primary N) is 1. The average Bonchev–Trinajstić information content (AvgIpc) is 2.80. The lowest BCUT2D eigenvalue weighted by Gasteiger charge is -2.41. The highest BCUT2D eigenvalue weighted by molar-refractivity contribution is 5.83. The van der Waals surface area contributed by atoms with E-state index in [0.29, 0.717) is 11.5 Å². The Bertz CT molecular complexity index is 577. The van der Waals surface area contributed by atoms with Crippen LogP contribution in [0.3, 0.4) is 0 Å². The van der Waals surface area contributed by atoms with Crippen LogP contribution < -0.4 is 11.1 Å². The zero-order chi connectivity index (χ0) is 13.3. The molecule has 0 radical (unpaired) electrons. The van der Waals surface area contributed by atoms with E-state index in [1.165, 1.54) is 19.3 Å². The van der Waals surface area contributed by atoms with Gasteiger partial charge in [-0.1, -0.05) is 6.42 Å². The van der Waals surface area contributed by atoms with E-state index in [-0.39, 0.29) is 11.4 Å². The fraction of sp³-hybridized carbons (Fsp3) is 0.583. The molecule has 1 aliphatic carbocycles. The minimum atomic E-state index is 0.223. The maximum atomic E-state index is 5.69. The number of aromatic amines is 1. The summed E-state index contributed by atoms with van der Waals surface area (Å²) >= 11 is 0. The second kappa shape index (κ2) is 4.65. The van der Waals surface area contributed by atoms with E-state index in [0.717, 1.165) is 18.7 Å². The van der Waals surface area contributed by atoms with Crippen LogP contribution in [-0.2, 0) is 4.74 Å². The Kier molecular flexibility index (Phi) is 2.98. The van der Waals surface area contributed by atoms with Crippen molar-refractivity contribution in [3.8, 4) is 0 Å². The van der Waals surface area contributed by atoms with Gasteiger partial charge >= 0.3 is 0 Å². The Balaban J connectivity index is 1.79. The monoisotopic (exact) mass is 262 g/mol. The maximum absolute atomic E-state index is 5.69. The van der Waals surface area contributed by atoms with E-state index in [2.05, 4.69) is 25.3 Å². The van der Waals surface area contributed by atoms with Crippen molar-refractivity contribution in [2.45, 2.75) is 19.3 Å². The summed E-state index contributed by atoms with van der Waals surface area (Å²) in [5.74, 6) is 0.943. The maximum Gasteiger partial charge on any atom is 0.224 e. The van der Waals surface area contributed by atoms with Crippen LogP contribution in [0.25, 0.3) is 11.2 Å².